The Morgan fingerprint density at radius 3 is 2.57 bits per heavy atom. The number of halogens is 1. The van der Waals surface area contributed by atoms with E-state index in [-0.39, 0.29) is 30.1 Å². The molecule has 1 aliphatic rings. The minimum Gasteiger partial charge on any atom is -0.497 e. The molecule has 1 atom stereocenters. The summed E-state index contributed by atoms with van der Waals surface area (Å²) >= 11 is 0. The van der Waals surface area contributed by atoms with E-state index < -0.39 is 0 Å². The van der Waals surface area contributed by atoms with Crippen LogP contribution < -0.4 is 20.3 Å². The first-order valence-electron chi connectivity index (χ1n) is 10.1. The number of amides is 2. The maximum absolute atomic E-state index is 12.9. The van der Waals surface area contributed by atoms with Gasteiger partial charge in [-0.05, 0) is 55.6 Å². The molecular formula is C23H30ClN3O3. The van der Waals surface area contributed by atoms with Gasteiger partial charge in [0.25, 0.3) is 5.91 Å². The Bertz CT molecular complexity index is 836. The van der Waals surface area contributed by atoms with Crippen LogP contribution in [0, 0.1) is 5.92 Å². The summed E-state index contributed by atoms with van der Waals surface area (Å²) in [5.41, 5.74) is 2.28. The molecule has 0 spiro atoms. The summed E-state index contributed by atoms with van der Waals surface area (Å²) in [6.45, 7) is 2.17. The Balaban J connectivity index is 0.00000320. The number of carbonyl (C=O) groups is 2. The largest absolute Gasteiger partial charge is 0.497 e. The maximum Gasteiger partial charge on any atom is 0.253 e. The summed E-state index contributed by atoms with van der Waals surface area (Å²) in [6.07, 6.45) is 2.60. The summed E-state index contributed by atoms with van der Waals surface area (Å²) in [5, 5.41) is 6.24. The van der Waals surface area contributed by atoms with Crippen molar-refractivity contribution in [2.24, 2.45) is 5.92 Å². The quantitative estimate of drug-likeness (QED) is 0.706. The van der Waals surface area contributed by atoms with Gasteiger partial charge in [-0.1, -0.05) is 24.3 Å². The molecule has 1 unspecified atom stereocenters. The number of nitrogens with one attached hydrogen (secondary N) is 2. The zero-order valence-corrected chi connectivity index (χ0v) is 18.3. The number of anilines is 1. The molecule has 3 rings (SSSR count). The van der Waals surface area contributed by atoms with Crippen molar-refractivity contribution in [3.63, 3.8) is 0 Å². The lowest BCUT2D eigenvalue weighted by molar-refractivity contribution is -0.122. The molecule has 6 nitrogen and oxygen atoms in total. The van der Waals surface area contributed by atoms with Gasteiger partial charge in [0.05, 0.1) is 24.3 Å². The molecule has 1 aliphatic heterocycles. The normalized spacial score (nSPS) is 15.6. The van der Waals surface area contributed by atoms with Crippen molar-refractivity contribution in [1.29, 1.82) is 0 Å². The fourth-order valence-corrected chi connectivity index (χ4v) is 3.62. The molecular weight excluding hydrogens is 402 g/mol. The number of methoxy groups -OCH3 is 1. The molecule has 2 aromatic rings. The van der Waals surface area contributed by atoms with Crippen molar-refractivity contribution in [3.05, 3.63) is 59.7 Å². The van der Waals surface area contributed by atoms with Crippen LogP contribution in [0.1, 0.15) is 28.8 Å². The molecule has 1 saturated heterocycles. The topological polar surface area (TPSA) is 70.7 Å². The standard InChI is InChI=1S/C23H29N3O3.ClH/c1-26(23(28)18-6-5-14-24-16-18)21-8-4-3-7-20(21)22(27)25-15-13-17-9-11-19(29-2)12-10-17;/h3-4,7-12,18,24H,5-6,13-16H2,1-2H3,(H,25,27);1H. The third kappa shape index (κ3) is 5.97. The van der Waals surface area contributed by atoms with Crippen molar-refractivity contribution in [2.45, 2.75) is 19.3 Å². The van der Waals surface area contributed by atoms with Gasteiger partial charge in [-0.25, -0.2) is 0 Å². The lowest BCUT2D eigenvalue weighted by atomic mass is 9.97. The molecule has 2 aromatic carbocycles. The zero-order chi connectivity index (χ0) is 20.6. The van der Waals surface area contributed by atoms with Gasteiger partial charge in [-0.15, -0.1) is 12.4 Å². The maximum atomic E-state index is 12.9. The summed E-state index contributed by atoms with van der Waals surface area (Å²) in [5.74, 6) is 0.652. The first-order valence-corrected chi connectivity index (χ1v) is 10.1. The van der Waals surface area contributed by atoms with E-state index >= 15 is 0 Å². The Morgan fingerprint density at radius 2 is 1.90 bits per heavy atom. The Kier molecular flexibility index (Phi) is 9.15. The lowest BCUT2D eigenvalue weighted by Crippen LogP contribution is -2.42. The predicted molar refractivity (Wildman–Crippen MR) is 122 cm³/mol. The van der Waals surface area contributed by atoms with E-state index in [0.717, 1.165) is 37.1 Å². The van der Waals surface area contributed by atoms with E-state index in [1.54, 1.807) is 25.1 Å². The SMILES string of the molecule is COc1ccc(CCNC(=O)c2ccccc2N(C)C(=O)C2CCCNC2)cc1.Cl. The number of hydrogen-bond donors (Lipinski definition) is 2. The predicted octanol–water partition coefficient (Wildman–Crippen LogP) is 3.05. The molecule has 1 fully saturated rings. The van der Waals surface area contributed by atoms with Crippen LogP contribution in [0.2, 0.25) is 0 Å². The number of hydrogen-bond acceptors (Lipinski definition) is 4. The third-order valence-corrected chi connectivity index (χ3v) is 5.35. The van der Waals surface area contributed by atoms with Crippen LogP contribution in [0.3, 0.4) is 0 Å². The second-order valence-corrected chi connectivity index (χ2v) is 7.31. The summed E-state index contributed by atoms with van der Waals surface area (Å²) in [7, 11) is 3.39. The van der Waals surface area contributed by atoms with Crippen LogP contribution in [-0.4, -0.2) is 45.6 Å². The van der Waals surface area contributed by atoms with Gasteiger partial charge >= 0.3 is 0 Å². The number of ether oxygens (including phenoxy) is 1. The molecule has 0 radical (unpaired) electrons. The van der Waals surface area contributed by atoms with E-state index in [0.29, 0.717) is 24.3 Å². The minimum absolute atomic E-state index is 0. The van der Waals surface area contributed by atoms with Gasteiger partial charge in [-0.2, -0.15) is 0 Å². The average Bonchev–Trinajstić information content (AvgIpc) is 2.79. The van der Waals surface area contributed by atoms with Gasteiger partial charge in [-0.3, -0.25) is 9.59 Å². The Morgan fingerprint density at radius 1 is 1.17 bits per heavy atom. The molecule has 0 aromatic heterocycles. The van der Waals surface area contributed by atoms with E-state index in [1.165, 1.54) is 0 Å². The fraction of sp³-hybridized carbons (Fsp3) is 0.391. The van der Waals surface area contributed by atoms with E-state index in [1.807, 2.05) is 42.5 Å². The van der Waals surface area contributed by atoms with Crippen LogP contribution >= 0.6 is 12.4 Å². The van der Waals surface area contributed by atoms with Crippen molar-refractivity contribution in [1.82, 2.24) is 10.6 Å². The first kappa shape index (κ1) is 23.7. The second-order valence-electron chi connectivity index (χ2n) is 7.31. The average molecular weight is 432 g/mol. The minimum atomic E-state index is -0.171. The van der Waals surface area contributed by atoms with Crippen molar-refractivity contribution in [3.8, 4) is 5.75 Å². The van der Waals surface area contributed by atoms with Gasteiger partial charge in [0.2, 0.25) is 5.91 Å². The van der Waals surface area contributed by atoms with Crippen LogP contribution in [0.5, 0.6) is 5.75 Å². The molecule has 7 heteroatoms. The van der Waals surface area contributed by atoms with E-state index in [2.05, 4.69) is 10.6 Å². The van der Waals surface area contributed by atoms with Crippen LogP contribution in [0.25, 0.3) is 0 Å². The number of nitrogens with zero attached hydrogens (tertiary/aromatic N) is 1. The highest BCUT2D eigenvalue weighted by molar-refractivity contribution is 6.05. The van der Waals surface area contributed by atoms with E-state index in [4.69, 9.17) is 4.74 Å². The summed E-state index contributed by atoms with van der Waals surface area (Å²) in [4.78, 5) is 27.3. The molecule has 30 heavy (non-hydrogen) atoms. The summed E-state index contributed by atoms with van der Waals surface area (Å²) < 4.78 is 5.16. The number of rotatable bonds is 7. The lowest BCUT2D eigenvalue weighted by Gasteiger charge is -2.28. The van der Waals surface area contributed by atoms with E-state index in [9.17, 15) is 9.59 Å². The highest BCUT2D eigenvalue weighted by Gasteiger charge is 2.26. The molecule has 2 amide bonds. The molecule has 0 saturated carbocycles. The zero-order valence-electron chi connectivity index (χ0n) is 17.5. The molecule has 0 aliphatic carbocycles. The monoisotopic (exact) mass is 431 g/mol. The Hall–Kier alpha value is -2.57. The molecule has 1 heterocycles. The van der Waals surface area contributed by atoms with Crippen LogP contribution in [0.15, 0.2) is 48.5 Å². The summed E-state index contributed by atoms with van der Waals surface area (Å²) in [6, 6.07) is 15.1. The molecule has 2 N–H and O–H groups in total. The molecule has 162 valence electrons. The number of carbonyl (C=O) groups excluding carboxylic acids is 2. The van der Waals surface area contributed by atoms with Gasteiger partial charge in [0.15, 0.2) is 0 Å². The second kappa shape index (κ2) is 11.6. The highest BCUT2D eigenvalue weighted by Crippen LogP contribution is 2.23. The number of benzene rings is 2. The van der Waals surface area contributed by atoms with Crippen LogP contribution in [-0.2, 0) is 11.2 Å². The fourth-order valence-electron chi connectivity index (χ4n) is 3.62. The van der Waals surface area contributed by atoms with Gasteiger partial charge in [0.1, 0.15) is 5.75 Å². The van der Waals surface area contributed by atoms with Gasteiger partial charge < -0.3 is 20.3 Å². The highest BCUT2D eigenvalue weighted by atomic mass is 35.5. The number of piperidine rings is 1. The Labute approximate surface area is 184 Å². The van der Waals surface area contributed by atoms with Gasteiger partial charge in [0, 0.05) is 20.1 Å². The van der Waals surface area contributed by atoms with Crippen molar-refractivity contribution >= 4 is 29.9 Å². The first-order chi connectivity index (χ1) is 14.1. The number of para-hydroxylation sites is 1. The third-order valence-electron chi connectivity index (χ3n) is 5.35. The van der Waals surface area contributed by atoms with Crippen molar-refractivity contribution < 1.29 is 14.3 Å². The van der Waals surface area contributed by atoms with Crippen LogP contribution in [0.4, 0.5) is 5.69 Å². The molecule has 0 bridgehead atoms. The smallest absolute Gasteiger partial charge is 0.253 e. The van der Waals surface area contributed by atoms with Crippen molar-refractivity contribution in [2.75, 3.05) is 38.7 Å².